The molecule has 41 heavy (non-hydrogen) atoms. The zero-order valence-electron chi connectivity index (χ0n) is 22.7. The molecule has 2 aliphatic rings. The smallest absolute Gasteiger partial charge is 0.325 e. The Morgan fingerprint density at radius 1 is 1.07 bits per heavy atom. The van der Waals surface area contributed by atoms with Crippen LogP contribution in [-0.2, 0) is 27.2 Å². The van der Waals surface area contributed by atoms with Crippen molar-refractivity contribution in [3.63, 3.8) is 0 Å². The van der Waals surface area contributed by atoms with Gasteiger partial charge in [-0.3, -0.25) is 9.59 Å². The molecule has 12 heteroatoms. The minimum absolute atomic E-state index is 0.0776. The predicted molar refractivity (Wildman–Crippen MR) is 157 cm³/mol. The van der Waals surface area contributed by atoms with Gasteiger partial charge in [-0.2, -0.15) is 4.98 Å². The maximum absolute atomic E-state index is 13.3. The van der Waals surface area contributed by atoms with Crippen molar-refractivity contribution >= 4 is 58.3 Å². The normalized spacial score (nSPS) is 14.7. The molecule has 1 saturated heterocycles. The van der Waals surface area contributed by atoms with Gasteiger partial charge in [-0.25, -0.2) is 9.78 Å². The highest BCUT2D eigenvalue weighted by atomic mass is 35.5. The van der Waals surface area contributed by atoms with Crippen LogP contribution < -0.4 is 21.3 Å². The Morgan fingerprint density at radius 2 is 1.88 bits per heavy atom. The summed E-state index contributed by atoms with van der Waals surface area (Å²) in [5.74, 6) is 0.116. The van der Waals surface area contributed by atoms with Gasteiger partial charge in [0, 0.05) is 36.1 Å². The summed E-state index contributed by atoms with van der Waals surface area (Å²) in [6.07, 6.45) is 4.07. The number of nitrogens with one attached hydrogen (secondary N) is 4. The second-order valence-corrected chi connectivity index (χ2v) is 10.3. The van der Waals surface area contributed by atoms with E-state index in [0.29, 0.717) is 49.1 Å². The van der Waals surface area contributed by atoms with Gasteiger partial charge in [-0.15, -0.1) is 0 Å². The number of carbonyl (C=O) groups is 3. The molecule has 5 rings (SSSR count). The Morgan fingerprint density at radius 3 is 2.68 bits per heavy atom. The lowest BCUT2D eigenvalue weighted by atomic mass is 9.95. The van der Waals surface area contributed by atoms with Gasteiger partial charge in [0.05, 0.1) is 12.8 Å². The summed E-state index contributed by atoms with van der Waals surface area (Å²) < 4.78 is 4.84. The molecule has 3 amide bonds. The third-order valence-electron chi connectivity index (χ3n) is 7.08. The molecule has 11 nitrogen and oxygen atoms in total. The largest absolute Gasteiger partial charge is 0.465 e. The van der Waals surface area contributed by atoms with E-state index in [4.69, 9.17) is 16.3 Å². The lowest BCUT2D eigenvalue weighted by Gasteiger charge is -2.31. The lowest BCUT2D eigenvalue weighted by Crippen LogP contribution is -2.47. The zero-order chi connectivity index (χ0) is 28.8. The molecule has 0 saturated carbocycles. The van der Waals surface area contributed by atoms with Crippen LogP contribution in [0, 0.1) is 5.92 Å². The summed E-state index contributed by atoms with van der Waals surface area (Å²) in [7, 11) is 0. The number of esters is 1. The van der Waals surface area contributed by atoms with E-state index >= 15 is 0 Å². The van der Waals surface area contributed by atoms with E-state index in [1.54, 1.807) is 18.0 Å². The van der Waals surface area contributed by atoms with Gasteiger partial charge in [0.15, 0.2) is 5.82 Å². The van der Waals surface area contributed by atoms with E-state index in [-0.39, 0.29) is 31.0 Å². The van der Waals surface area contributed by atoms with E-state index in [0.717, 1.165) is 34.6 Å². The third-order valence-corrected chi connectivity index (χ3v) is 7.35. The first-order chi connectivity index (χ1) is 19.9. The van der Waals surface area contributed by atoms with Gasteiger partial charge < -0.3 is 30.9 Å². The second kappa shape index (κ2) is 12.9. The van der Waals surface area contributed by atoms with Gasteiger partial charge in [0.2, 0.25) is 11.9 Å². The molecule has 4 N–H and O–H groups in total. The Bertz CT molecular complexity index is 1440. The van der Waals surface area contributed by atoms with Crippen LogP contribution >= 0.6 is 11.6 Å². The van der Waals surface area contributed by atoms with E-state index in [2.05, 4.69) is 43.4 Å². The Balaban J connectivity index is 1.27. The van der Waals surface area contributed by atoms with Crippen molar-refractivity contribution in [2.24, 2.45) is 5.92 Å². The van der Waals surface area contributed by atoms with Crippen molar-refractivity contribution in [1.29, 1.82) is 0 Å². The quantitative estimate of drug-likeness (QED) is 0.322. The summed E-state index contributed by atoms with van der Waals surface area (Å²) in [5, 5.41) is 12.6. The first kappa shape index (κ1) is 28.2. The van der Waals surface area contributed by atoms with Crippen LogP contribution in [0.15, 0.2) is 48.7 Å². The topological polar surface area (TPSA) is 138 Å². The number of hydrogen-bond donors (Lipinski definition) is 4. The highest BCUT2D eigenvalue weighted by Crippen LogP contribution is 2.30. The molecule has 0 unspecified atom stereocenters. The van der Waals surface area contributed by atoms with Crippen LogP contribution in [-0.4, -0.2) is 59.0 Å². The van der Waals surface area contributed by atoms with Crippen LogP contribution in [0.1, 0.15) is 30.9 Å². The SMILES string of the molecule is CCOC(=O)CNC(=O)N1CCC(C(=O)Nc2ccc3cc2CCc2cccc(c2)Nc2ncc(Cl)c(n2)N3)CC1. The van der Waals surface area contributed by atoms with E-state index in [1.165, 1.54) is 0 Å². The zero-order valence-corrected chi connectivity index (χ0v) is 23.5. The molecule has 0 spiro atoms. The molecular formula is C29H32ClN7O4. The van der Waals surface area contributed by atoms with E-state index < -0.39 is 5.97 Å². The number of aryl methyl sites for hydroxylation is 2. The number of urea groups is 1. The fourth-order valence-electron chi connectivity index (χ4n) is 4.92. The van der Waals surface area contributed by atoms with Crippen molar-refractivity contribution in [2.45, 2.75) is 32.6 Å². The number of ether oxygens (including phenoxy) is 1. The van der Waals surface area contributed by atoms with Crippen molar-refractivity contribution in [3.8, 4) is 0 Å². The fraction of sp³-hybridized carbons (Fsp3) is 0.345. The third kappa shape index (κ3) is 7.23. The number of nitrogens with zero attached hydrogens (tertiary/aromatic N) is 3. The average Bonchev–Trinajstić information content (AvgIpc) is 2.98. The van der Waals surface area contributed by atoms with Crippen LogP contribution in [0.2, 0.25) is 5.02 Å². The van der Waals surface area contributed by atoms with Gasteiger partial charge in [-0.1, -0.05) is 23.7 Å². The number of aromatic nitrogens is 2. The molecular weight excluding hydrogens is 546 g/mol. The Hall–Kier alpha value is -4.38. The molecule has 1 aromatic heterocycles. The van der Waals surface area contributed by atoms with Crippen LogP contribution in [0.4, 0.5) is 33.6 Å². The summed E-state index contributed by atoms with van der Waals surface area (Å²) in [6.45, 7) is 2.65. The molecule has 0 radical (unpaired) electrons. The second-order valence-electron chi connectivity index (χ2n) is 9.93. The lowest BCUT2D eigenvalue weighted by molar-refractivity contribution is -0.141. The van der Waals surface area contributed by atoms with Gasteiger partial charge in [0.1, 0.15) is 11.6 Å². The van der Waals surface area contributed by atoms with Crippen LogP contribution in [0.3, 0.4) is 0 Å². The molecule has 3 heterocycles. The number of anilines is 5. The van der Waals surface area contributed by atoms with Gasteiger partial charge in [-0.05, 0) is 74.1 Å². The van der Waals surface area contributed by atoms with E-state index in [1.807, 2.05) is 30.3 Å². The molecule has 0 atom stereocenters. The van der Waals surface area contributed by atoms with E-state index in [9.17, 15) is 14.4 Å². The summed E-state index contributed by atoms with van der Waals surface area (Å²) in [6, 6.07) is 13.5. The molecule has 6 bridgehead atoms. The number of halogens is 1. The minimum atomic E-state index is -0.478. The van der Waals surface area contributed by atoms with Crippen molar-refractivity contribution < 1.29 is 19.1 Å². The number of fused-ring (bicyclic) bond motifs is 6. The summed E-state index contributed by atoms with van der Waals surface area (Å²) in [4.78, 5) is 47.6. The van der Waals surface area contributed by atoms with Gasteiger partial charge >= 0.3 is 12.0 Å². The predicted octanol–water partition coefficient (Wildman–Crippen LogP) is 4.64. The number of carbonyl (C=O) groups excluding carboxylic acids is 3. The number of rotatable bonds is 5. The Labute approximate surface area is 243 Å². The average molecular weight is 578 g/mol. The monoisotopic (exact) mass is 577 g/mol. The number of likely N-dealkylation sites (tertiary alicyclic amines) is 1. The van der Waals surface area contributed by atoms with Crippen LogP contribution in [0.25, 0.3) is 0 Å². The van der Waals surface area contributed by atoms with Crippen molar-refractivity contribution in [1.82, 2.24) is 20.2 Å². The maximum atomic E-state index is 13.3. The Kier molecular flexibility index (Phi) is 8.83. The minimum Gasteiger partial charge on any atom is -0.465 e. The summed E-state index contributed by atoms with van der Waals surface area (Å²) in [5.41, 5.74) is 4.51. The highest BCUT2D eigenvalue weighted by molar-refractivity contribution is 6.32. The van der Waals surface area contributed by atoms with Crippen molar-refractivity contribution in [3.05, 3.63) is 64.8 Å². The number of hydrogen-bond acceptors (Lipinski definition) is 8. The number of piperidine rings is 1. The first-order valence-electron chi connectivity index (χ1n) is 13.7. The molecule has 1 fully saturated rings. The van der Waals surface area contributed by atoms with Crippen molar-refractivity contribution in [2.75, 3.05) is 42.2 Å². The fourth-order valence-corrected chi connectivity index (χ4v) is 5.05. The maximum Gasteiger partial charge on any atom is 0.325 e. The molecule has 2 aromatic carbocycles. The number of amides is 3. The van der Waals surface area contributed by atoms with Gasteiger partial charge in [0.25, 0.3) is 0 Å². The first-order valence-corrected chi connectivity index (χ1v) is 14.0. The molecule has 3 aromatic rings. The van der Waals surface area contributed by atoms with Crippen LogP contribution in [0.5, 0.6) is 0 Å². The molecule has 0 aliphatic carbocycles. The molecule has 214 valence electrons. The standard InChI is InChI=1S/C29H32ClN7O4/c1-2-41-25(38)17-32-29(40)37-12-10-19(11-13-37)27(39)35-24-9-8-22-15-20(24)7-6-18-4-3-5-21(14-18)34-28-31-16-23(30)26(33-22)36-28/h3-5,8-9,14-16,19H,2,6-7,10-13,17H2,1H3,(H,32,40)(H,35,39)(H2,31,33,34,36). The molecule has 2 aliphatic heterocycles. The number of benzene rings is 2. The summed E-state index contributed by atoms with van der Waals surface area (Å²) >= 11 is 6.37. The highest BCUT2D eigenvalue weighted by Gasteiger charge is 2.28.